The Bertz CT molecular complexity index is 719. The second-order valence-electron chi connectivity index (χ2n) is 9.90. The van der Waals surface area contributed by atoms with E-state index in [9.17, 15) is 4.79 Å². The number of hydrogen-bond donors (Lipinski definition) is 4. The van der Waals surface area contributed by atoms with Gasteiger partial charge in [0.25, 0.3) is 0 Å². The molecule has 10 atom stereocenters. The molecule has 7 nitrogen and oxygen atoms in total. The van der Waals surface area contributed by atoms with Crippen molar-refractivity contribution in [2.75, 3.05) is 13.2 Å². The smallest absolute Gasteiger partial charge is 0.302 e. The van der Waals surface area contributed by atoms with Crippen LogP contribution in [0.5, 0.6) is 0 Å². The number of ether oxygens (including phenoxy) is 1. The monoisotopic (exact) mass is 589 g/mol. The van der Waals surface area contributed by atoms with Crippen molar-refractivity contribution < 1.29 is 9.53 Å². The molecule has 0 radical (unpaired) electrons. The van der Waals surface area contributed by atoms with E-state index in [1.165, 1.54) is 32.6 Å². The first kappa shape index (κ1) is 24.5. The van der Waals surface area contributed by atoms with Gasteiger partial charge in [-0.2, -0.15) is 0 Å². The van der Waals surface area contributed by atoms with Crippen LogP contribution in [0.3, 0.4) is 0 Å². The maximum absolute atomic E-state index is 9.82. The molecule has 4 N–H and O–H groups in total. The maximum Gasteiger partial charge on any atom is 0.302 e. The number of nitrogens with one attached hydrogen (secondary N) is 4. The van der Waals surface area contributed by atoms with E-state index < -0.39 is 0 Å². The first-order valence-electron chi connectivity index (χ1n) is 12.7. The summed E-state index contributed by atoms with van der Waals surface area (Å²) in [6, 6.07) is 3.74. The Kier molecular flexibility index (Phi) is 8.02. The van der Waals surface area contributed by atoms with Crippen molar-refractivity contribution in [3.63, 3.8) is 0 Å². The van der Waals surface area contributed by atoms with E-state index in [-0.39, 0.29) is 5.97 Å². The summed E-state index contributed by atoms with van der Waals surface area (Å²) in [6.45, 7) is 7.08. The number of carbonyl (C=O) groups excluding carboxylic acids is 1. The van der Waals surface area contributed by atoms with Gasteiger partial charge in [-0.15, -0.1) is 0 Å². The molecule has 9 heteroatoms. The molecule has 6 aliphatic rings. The number of rotatable bonds is 6. The van der Waals surface area contributed by atoms with Crippen molar-refractivity contribution in [3.05, 3.63) is 22.1 Å². The first-order chi connectivity index (χ1) is 16.1. The number of nitrogens with zero attached hydrogens (tertiary/aromatic N) is 1. The average molecular weight is 588 g/mol. The van der Waals surface area contributed by atoms with Crippen LogP contribution in [0, 0.1) is 11.8 Å². The van der Waals surface area contributed by atoms with Crippen molar-refractivity contribution in [3.8, 4) is 0 Å². The van der Waals surface area contributed by atoms with Gasteiger partial charge < -0.3 is 4.74 Å². The maximum atomic E-state index is 9.82. The van der Waals surface area contributed by atoms with Gasteiger partial charge in [-0.3, -0.25) is 4.79 Å². The summed E-state index contributed by atoms with van der Waals surface area (Å²) in [6.07, 6.45) is 10.3. The molecule has 0 spiro atoms. The van der Waals surface area contributed by atoms with E-state index >= 15 is 0 Å². The number of fused-ring (bicyclic) bond motifs is 10. The normalized spacial score (nSPS) is 44.0. The third-order valence-electron chi connectivity index (χ3n) is 7.90. The fourth-order valence-electron chi connectivity index (χ4n) is 6.65. The molecule has 5 aliphatic heterocycles. The van der Waals surface area contributed by atoms with E-state index in [4.69, 9.17) is 0 Å². The SMILES string of the molecule is CCCCCCN1NC2C(N1)C1C(NC3C=C[Se]C31)C1NC3C=C[Se]C3C12.CCOC(C)=O. The van der Waals surface area contributed by atoms with Gasteiger partial charge in [0.15, 0.2) is 0 Å². The predicted molar refractivity (Wildman–Crippen MR) is 133 cm³/mol. The van der Waals surface area contributed by atoms with Crippen molar-refractivity contribution in [1.82, 2.24) is 26.6 Å². The Balaban J connectivity index is 0.000000340. The van der Waals surface area contributed by atoms with Gasteiger partial charge in [0, 0.05) is 6.92 Å². The number of esters is 1. The van der Waals surface area contributed by atoms with Crippen molar-refractivity contribution in [2.45, 2.75) is 92.3 Å². The van der Waals surface area contributed by atoms with Gasteiger partial charge >= 0.3 is 181 Å². The number of hydrogen-bond acceptors (Lipinski definition) is 7. The molecule has 0 aromatic carbocycles. The number of carbonyl (C=O) groups is 1. The summed E-state index contributed by atoms with van der Waals surface area (Å²) in [5.74, 6) is 1.30. The van der Waals surface area contributed by atoms with Crippen LogP contribution in [0.2, 0.25) is 9.63 Å². The van der Waals surface area contributed by atoms with E-state index in [1.807, 2.05) is 0 Å². The molecule has 0 aromatic heterocycles. The van der Waals surface area contributed by atoms with Crippen molar-refractivity contribution in [2.24, 2.45) is 11.8 Å². The molecule has 3 saturated heterocycles. The summed E-state index contributed by atoms with van der Waals surface area (Å²) in [5, 5.41) is 10.5. The first-order valence-corrected chi connectivity index (χ1v) is 16.7. The minimum absolute atomic E-state index is 0.211. The Morgan fingerprint density at radius 1 is 0.879 bits per heavy atom. The van der Waals surface area contributed by atoms with Gasteiger partial charge in [0.2, 0.25) is 0 Å². The molecule has 1 aliphatic carbocycles. The van der Waals surface area contributed by atoms with E-state index in [0.29, 0.717) is 72.8 Å². The molecule has 0 aromatic rings. The molecule has 33 heavy (non-hydrogen) atoms. The molecular weight excluding hydrogens is 548 g/mol. The van der Waals surface area contributed by atoms with Gasteiger partial charge in [-0.25, -0.2) is 0 Å². The van der Waals surface area contributed by atoms with Crippen LogP contribution < -0.4 is 21.5 Å². The van der Waals surface area contributed by atoms with E-state index in [1.54, 1.807) is 6.92 Å². The van der Waals surface area contributed by atoms with Gasteiger partial charge in [-0.05, 0) is 6.92 Å². The molecule has 1 saturated carbocycles. The molecule has 184 valence electrons. The van der Waals surface area contributed by atoms with Crippen molar-refractivity contribution in [1.29, 1.82) is 0 Å². The summed E-state index contributed by atoms with van der Waals surface area (Å²) >= 11 is 1.31. The van der Waals surface area contributed by atoms with Crippen LogP contribution in [0.25, 0.3) is 0 Å². The largest absolute Gasteiger partial charge is 0.466 e. The van der Waals surface area contributed by atoms with E-state index in [2.05, 4.69) is 60.4 Å². The molecule has 4 fully saturated rings. The zero-order chi connectivity index (χ0) is 22.9. The second-order valence-corrected chi connectivity index (χ2v) is 14.5. The van der Waals surface area contributed by atoms with Crippen LogP contribution >= 0.6 is 0 Å². The van der Waals surface area contributed by atoms with Crippen molar-refractivity contribution >= 4 is 35.9 Å². The molecule has 10 unspecified atom stereocenters. The Labute approximate surface area is 210 Å². The third-order valence-corrected chi connectivity index (χ3v) is 13.1. The van der Waals surface area contributed by atoms with Crippen LogP contribution in [0.4, 0.5) is 0 Å². The van der Waals surface area contributed by atoms with Crippen LogP contribution in [0.15, 0.2) is 22.1 Å². The summed E-state index contributed by atoms with van der Waals surface area (Å²) in [4.78, 5) is 16.4. The Hall–Kier alpha value is -0.211. The van der Waals surface area contributed by atoms with Crippen LogP contribution in [0.1, 0.15) is 46.5 Å². The topological polar surface area (TPSA) is 77.7 Å². The zero-order valence-electron chi connectivity index (χ0n) is 19.9. The predicted octanol–water partition coefficient (Wildman–Crippen LogP) is 1.16. The van der Waals surface area contributed by atoms with Crippen LogP contribution in [-0.2, 0) is 9.53 Å². The zero-order valence-corrected chi connectivity index (χ0v) is 23.3. The van der Waals surface area contributed by atoms with E-state index in [0.717, 1.165) is 28.0 Å². The quantitative estimate of drug-likeness (QED) is 0.211. The fraction of sp³-hybridized carbons (Fsp3) is 0.792. The van der Waals surface area contributed by atoms with Gasteiger partial charge in [0.05, 0.1) is 6.61 Å². The number of hydrazine groups is 2. The summed E-state index contributed by atoms with van der Waals surface area (Å²) < 4.78 is 4.40. The third kappa shape index (κ3) is 4.78. The standard InChI is InChI=1S/C20H31N5Se2.C4H8O2/c1-2-3-4-5-8-25-23-17-13-15(21-11-6-9-26-19(11)13)16-14(18(17)24-25)20-12(22-16)7-10-27-20;1-3-6-4(2)5/h6-7,9-24H,2-5,8H2,1H3;3H2,1-2H3. The minimum Gasteiger partial charge on any atom is -0.466 e. The average Bonchev–Trinajstić information content (AvgIpc) is 3.56. The van der Waals surface area contributed by atoms with Crippen LogP contribution in [-0.4, -0.2) is 90.4 Å². The molecule has 5 heterocycles. The molecule has 0 amide bonds. The second kappa shape index (κ2) is 10.8. The van der Waals surface area contributed by atoms with Gasteiger partial charge in [0.1, 0.15) is 0 Å². The molecule has 6 rings (SSSR count). The molecular formula is C24H39N5O2Se2. The molecule has 0 bridgehead atoms. The fourth-order valence-corrected chi connectivity index (χ4v) is 12.1. The summed E-state index contributed by atoms with van der Waals surface area (Å²) in [7, 11) is 0. The Morgan fingerprint density at radius 2 is 1.45 bits per heavy atom. The number of unbranched alkanes of at least 4 members (excludes halogenated alkanes) is 3. The van der Waals surface area contributed by atoms with Gasteiger partial charge in [-0.1, -0.05) is 0 Å². The Morgan fingerprint density at radius 3 is 1.91 bits per heavy atom. The minimum atomic E-state index is -0.211. The summed E-state index contributed by atoms with van der Waals surface area (Å²) in [5.41, 5.74) is 7.94.